The molecule has 1 heterocycles. The highest BCUT2D eigenvalue weighted by molar-refractivity contribution is 6.55. The molecule has 3 nitrogen and oxygen atoms in total. The molecule has 0 saturated heterocycles. The van der Waals surface area contributed by atoms with Gasteiger partial charge in [-0.2, -0.15) is 0 Å². The molecule has 90 valence electrons. The summed E-state index contributed by atoms with van der Waals surface area (Å²) in [5.41, 5.74) is 1.01. The third-order valence-corrected chi connectivity index (χ3v) is 3.25. The highest BCUT2D eigenvalue weighted by Gasteiger charge is 2.36. The van der Waals surface area contributed by atoms with Crippen LogP contribution in [0.25, 0.3) is 0 Å². The lowest BCUT2D eigenvalue weighted by atomic mass is 10.1. The molecule has 17 heavy (non-hydrogen) atoms. The summed E-state index contributed by atoms with van der Waals surface area (Å²) < 4.78 is 0. The molecule has 0 radical (unpaired) electrons. The second-order valence-electron chi connectivity index (χ2n) is 4.13. The van der Waals surface area contributed by atoms with Crippen LogP contribution in [0.2, 0.25) is 5.02 Å². The molecule has 1 aromatic rings. The number of unbranched alkanes of at least 4 members (excludes halogenated alkanes) is 2. The van der Waals surface area contributed by atoms with Crippen LogP contribution in [0, 0.1) is 0 Å². The standard InChI is InChI=1S/C13H14ClNO2/c1-2-3-4-8-15-10-7-5-6-9(14)11(10)12(16)13(15)17/h5-7H,2-4,8H2,1H3. The molecule has 0 N–H and O–H groups in total. The molecule has 0 aliphatic carbocycles. The molecule has 0 spiro atoms. The van der Waals surface area contributed by atoms with Gasteiger partial charge in [0.15, 0.2) is 0 Å². The number of ketones is 1. The molecule has 1 amide bonds. The summed E-state index contributed by atoms with van der Waals surface area (Å²) in [7, 11) is 0. The van der Waals surface area contributed by atoms with Gasteiger partial charge in [0.25, 0.3) is 11.7 Å². The maximum absolute atomic E-state index is 11.8. The van der Waals surface area contributed by atoms with Gasteiger partial charge in [-0.1, -0.05) is 37.4 Å². The number of benzene rings is 1. The monoisotopic (exact) mass is 251 g/mol. The predicted octanol–water partition coefficient (Wildman–Crippen LogP) is 3.06. The Labute approximate surface area is 105 Å². The van der Waals surface area contributed by atoms with Crippen molar-refractivity contribution in [2.45, 2.75) is 26.2 Å². The molecular weight excluding hydrogens is 238 g/mol. The Morgan fingerprint density at radius 1 is 1.24 bits per heavy atom. The Balaban J connectivity index is 2.29. The highest BCUT2D eigenvalue weighted by atomic mass is 35.5. The maximum Gasteiger partial charge on any atom is 0.299 e. The molecule has 0 bridgehead atoms. The first-order valence-electron chi connectivity index (χ1n) is 5.81. The Morgan fingerprint density at radius 3 is 2.71 bits per heavy atom. The predicted molar refractivity (Wildman–Crippen MR) is 67.7 cm³/mol. The summed E-state index contributed by atoms with van der Waals surface area (Å²) in [6.07, 6.45) is 3.04. The van der Waals surface area contributed by atoms with Crippen molar-refractivity contribution in [3.63, 3.8) is 0 Å². The van der Waals surface area contributed by atoms with E-state index >= 15 is 0 Å². The molecule has 0 aromatic heterocycles. The summed E-state index contributed by atoms with van der Waals surface area (Å²) >= 11 is 5.96. The number of Topliss-reactive ketones (excluding diaryl/α,β-unsaturated/α-hetero) is 1. The van der Waals surface area contributed by atoms with E-state index in [1.165, 1.54) is 0 Å². The number of hydrogen-bond donors (Lipinski definition) is 0. The number of carbonyl (C=O) groups is 2. The van der Waals surface area contributed by atoms with Crippen LogP contribution < -0.4 is 4.90 Å². The van der Waals surface area contributed by atoms with Crippen LogP contribution in [-0.2, 0) is 4.79 Å². The molecule has 1 aliphatic heterocycles. The van der Waals surface area contributed by atoms with Crippen LogP contribution in [0.3, 0.4) is 0 Å². The van der Waals surface area contributed by atoms with E-state index in [4.69, 9.17) is 11.6 Å². The first-order valence-corrected chi connectivity index (χ1v) is 6.19. The Hall–Kier alpha value is -1.35. The molecule has 4 heteroatoms. The van der Waals surface area contributed by atoms with E-state index < -0.39 is 11.7 Å². The molecule has 0 saturated carbocycles. The Bertz CT molecular complexity index is 470. The molecule has 1 aliphatic rings. The van der Waals surface area contributed by atoms with Crippen LogP contribution in [0.15, 0.2) is 18.2 Å². The Morgan fingerprint density at radius 2 is 2.00 bits per heavy atom. The third kappa shape index (κ3) is 2.07. The number of fused-ring (bicyclic) bond motifs is 1. The third-order valence-electron chi connectivity index (χ3n) is 2.93. The van der Waals surface area contributed by atoms with Crippen LogP contribution in [0.4, 0.5) is 5.69 Å². The van der Waals surface area contributed by atoms with Gasteiger partial charge in [-0.3, -0.25) is 9.59 Å². The smallest absolute Gasteiger partial charge is 0.299 e. The number of hydrogen-bond acceptors (Lipinski definition) is 2. The van der Waals surface area contributed by atoms with Gasteiger partial charge in [0, 0.05) is 6.54 Å². The number of anilines is 1. The summed E-state index contributed by atoms with van der Waals surface area (Å²) in [4.78, 5) is 25.2. The largest absolute Gasteiger partial charge is 0.305 e. The maximum atomic E-state index is 11.8. The first-order chi connectivity index (χ1) is 8.16. The fourth-order valence-corrected chi connectivity index (χ4v) is 2.30. The van der Waals surface area contributed by atoms with E-state index in [1.54, 1.807) is 23.1 Å². The van der Waals surface area contributed by atoms with Gasteiger partial charge in [0.1, 0.15) is 0 Å². The van der Waals surface area contributed by atoms with E-state index in [0.29, 0.717) is 22.8 Å². The fraction of sp³-hybridized carbons (Fsp3) is 0.385. The van der Waals surface area contributed by atoms with Crippen LogP contribution in [-0.4, -0.2) is 18.2 Å². The van der Waals surface area contributed by atoms with Crippen molar-refractivity contribution < 1.29 is 9.59 Å². The van der Waals surface area contributed by atoms with Crippen molar-refractivity contribution in [3.05, 3.63) is 28.8 Å². The molecule has 0 unspecified atom stereocenters. The van der Waals surface area contributed by atoms with Crippen molar-refractivity contribution >= 4 is 29.0 Å². The summed E-state index contributed by atoms with van der Waals surface area (Å²) in [6, 6.07) is 5.18. The summed E-state index contributed by atoms with van der Waals surface area (Å²) in [6.45, 7) is 2.69. The van der Waals surface area contributed by atoms with Crippen molar-refractivity contribution in [2.75, 3.05) is 11.4 Å². The van der Waals surface area contributed by atoms with Gasteiger partial charge < -0.3 is 4.90 Å². The minimum atomic E-state index is -0.484. The van der Waals surface area contributed by atoms with Crippen molar-refractivity contribution in [1.82, 2.24) is 0 Å². The average Bonchev–Trinajstić information content (AvgIpc) is 2.55. The van der Waals surface area contributed by atoms with E-state index in [1.807, 2.05) is 0 Å². The van der Waals surface area contributed by atoms with Gasteiger partial charge in [0.05, 0.1) is 16.3 Å². The molecule has 0 fully saturated rings. The normalized spacial score (nSPS) is 14.4. The van der Waals surface area contributed by atoms with E-state index in [2.05, 4.69) is 6.92 Å². The lowest BCUT2D eigenvalue weighted by Gasteiger charge is -2.15. The Kier molecular flexibility index (Phi) is 3.48. The van der Waals surface area contributed by atoms with Crippen molar-refractivity contribution in [1.29, 1.82) is 0 Å². The number of rotatable bonds is 4. The molecule has 2 rings (SSSR count). The van der Waals surface area contributed by atoms with E-state index in [0.717, 1.165) is 19.3 Å². The van der Waals surface area contributed by atoms with Gasteiger partial charge >= 0.3 is 0 Å². The summed E-state index contributed by atoms with van der Waals surface area (Å²) in [5, 5.41) is 0.360. The topological polar surface area (TPSA) is 37.4 Å². The minimum absolute atomic E-state index is 0.357. The number of halogens is 1. The van der Waals surface area contributed by atoms with E-state index in [9.17, 15) is 9.59 Å². The van der Waals surface area contributed by atoms with Gasteiger partial charge in [-0.25, -0.2) is 0 Å². The highest BCUT2D eigenvalue weighted by Crippen LogP contribution is 2.34. The molecule has 0 atom stereocenters. The lowest BCUT2D eigenvalue weighted by Crippen LogP contribution is -2.30. The van der Waals surface area contributed by atoms with Crippen molar-refractivity contribution in [3.8, 4) is 0 Å². The number of amides is 1. The zero-order chi connectivity index (χ0) is 12.4. The fourth-order valence-electron chi connectivity index (χ4n) is 2.04. The van der Waals surface area contributed by atoms with Crippen LogP contribution >= 0.6 is 11.6 Å². The second kappa shape index (κ2) is 4.88. The summed E-state index contributed by atoms with van der Waals surface area (Å²) in [5.74, 6) is -0.939. The average molecular weight is 252 g/mol. The number of carbonyl (C=O) groups excluding carboxylic acids is 2. The first kappa shape index (κ1) is 12.1. The SMILES string of the molecule is CCCCCN1C(=O)C(=O)c2c(Cl)cccc21. The van der Waals surface area contributed by atoms with Gasteiger partial charge in [0.2, 0.25) is 0 Å². The molecule has 1 aromatic carbocycles. The van der Waals surface area contributed by atoms with E-state index in [-0.39, 0.29) is 0 Å². The second-order valence-corrected chi connectivity index (χ2v) is 4.53. The van der Waals surface area contributed by atoms with Crippen molar-refractivity contribution in [2.24, 2.45) is 0 Å². The zero-order valence-corrected chi connectivity index (χ0v) is 10.5. The minimum Gasteiger partial charge on any atom is -0.305 e. The van der Waals surface area contributed by atoms with Gasteiger partial charge in [-0.05, 0) is 18.6 Å². The molecular formula is C13H14ClNO2. The zero-order valence-electron chi connectivity index (χ0n) is 9.70. The lowest BCUT2D eigenvalue weighted by molar-refractivity contribution is -0.114. The van der Waals surface area contributed by atoms with Gasteiger partial charge in [-0.15, -0.1) is 0 Å². The number of nitrogens with zero attached hydrogens (tertiary/aromatic N) is 1. The van der Waals surface area contributed by atoms with Crippen LogP contribution in [0.1, 0.15) is 36.5 Å². The van der Waals surface area contributed by atoms with Crippen LogP contribution in [0.5, 0.6) is 0 Å². The quantitative estimate of drug-likeness (QED) is 0.609.